The van der Waals surface area contributed by atoms with Crippen molar-refractivity contribution in [3.8, 4) is 0 Å². The van der Waals surface area contributed by atoms with Crippen LogP contribution in [0.2, 0.25) is 0 Å². The summed E-state index contributed by atoms with van der Waals surface area (Å²) < 4.78 is 7.14. The molecule has 0 fully saturated rings. The first-order valence-electron chi connectivity index (χ1n) is 5.86. The Hall–Kier alpha value is -1.81. The molecule has 1 aromatic heterocycles. The number of aryl methyl sites for hydroxylation is 1. The molecule has 0 aliphatic heterocycles. The number of nitrogens with zero attached hydrogens (tertiary/aromatic N) is 2. The minimum atomic E-state index is -0.278. The van der Waals surface area contributed by atoms with Crippen LogP contribution in [0, 0.1) is 6.07 Å². The molecule has 0 saturated carbocycles. The van der Waals surface area contributed by atoms with Crippen molar-refractivity contribution >= 4 is 16.9 Å². The monoisotopic (exact) mass is 245 g/mol. The molecule has 0 spiro atoms. The number of ether oxygens (including phenoxy) is 1. The molecule has 4 nitrogen and oxygen atoms in total. The molecule has 18 heavy (non-hydrogen) atoms. The van der Waals surface area contributed by atoms with E-state index in [0.29, 0.717) is 12.2 Å². The molecule has 1 radical (unpaired) electrons. The number of carbonyl (C=O) groups is 1. The molecule has 0 aliphatic carbocycles. The van der Waals surface area contributed by atoms with Gasteiger partial charge in [-0.05, 0) is 26.2 Å². The second-order valence-corrected chi connectivity index (χ2v) is 4.56. The van der Waals surface area contributed by atoms with Crippen molar-refractivity contribution in [1.29, 1.82) is 0 Å². The van der Waals surface area contributed by atoms with Crippen LogP contribution in [-0.4, -0.2) is 42.7 Å². The Balaban J connectivity index is 2.10. The van der Waals surface area contributed by atoms with Gasteiger partial charge in [-0.1, -0.05) is 6.07 Å². The number of benzene rings is 1. The van der Waals surface area contributed by atoms with E-state index in [2.05, 4.69) is 6.07 Å². The quantitative estimate of drug-likeness (QED) is 0.769. The Morgan fingerprint density at radius 2 is 2.22 bits per heavy atom. The van der Waals surface area contributed by atoms with E-state index in [0.717, 1.165) is 17.4 Å². The number of aromatic nitrogens is 1. The second-order valence-electron chi connectivity index (χ2n) is 4.56. The number of likely N-dealkylation sites (N-methyl/N-ethyl adjacent to an activating group) is 1. The van der Waals surface area contributed by atoms with Crippen LogP contribution < -0.4 is 0 Å². The number of carbonyl (C=O) groups excluding carboxylic acids is 1. The average Bonchev–Trinajstić information content (AvgIpc) is 2.70. The summed E-state index contributed by atoms with van der Waals surface area (Å²) in [6, 6.07) is 8.61. The average molecular weight is 245 g/mol. The predicted molar refractivity (Wildman–Crippen MR) is 70.6 cm³/mol. The summed E-state index contributed by atoms with van der Waals surface area (Å²) in [6.45, 7) is 1.13. The predicted octanol–water partition coefficient (Wildman–Crippen LogP) is 1.70. The molecular formula is C14H17N2O2. The molecule has 0 unspecified atom stereocenters. The van der Waals surface area contributed by atoms with Crippen LogP contribution in [-0.2, 0) is 11.8 Å². The first-order valence-corrected chi connectivity index (χ1v) is 5.86. The van der Waals surface area contributed by atoms with Gasteiger partial charge in [0.25, 0.3) is 0 Å². The van der Waals surface area contributed by atoms with Gasteiger partial charge in [0.05, 0.1) is 5.56 Å². The fourth-order valence-corrected chi connectivity index (χ4v) is 1.71. The van der Waals surface area contributed by atoms with E-state index in [9.17, 15) is 4.79 Å². The van der Waals surface area contributed by atoms with Gasteiger partial charge in [-0.2, -0.15) is 0 Å². The first kappa shape index (κ1) is 12.6. The normalized spacial score (nSPS) is 11.1. The van der Waals surface area contributed by atoms with Gasteiger partial charge in [-0.3, -0.25) is 0 Å². The number of fused-ring (bicyclic) bond motifs is 1. The van der Waals surface area contributed by atoms with Crippen LogP contribution in [0.4, 0.5) is 0 Å². The maximum atomic E-state index is 11.8. The second kappa shape index (κ2) is 5.23. The fourth-order valence-electron chi connectivity index (χ4n) is 1.71. The molecule has 1 heterocycles. The third-order valence-electron chi connectivity index (χ3n) is 2.80. The Morgan fingerprint density at radius 3 is 2.94 bits per heavy atom. The molecule has 0 bridgehead atoms. The Morgan fingerprint density at radius 1 is 1.44 bits per heavy atom. The molecule has 95 valence electrons. The van der Waals surface area contributed by atoms with Crippen molar-refractivity contribution in [2.75, 3.05) is 27.2 Å². The lowest BCUT2D eigenvalue weighted by Gasteiger charge is -2.10. The van der Waals surface area contributed by atoms with Crippen molar-refractivity contribution in [3.63, 3.8) is 0 Å². The van der Waals surface area contributed by atoms with Gasteiger partial charge in [0.1, 0.15) is 6.61 Å². The van der Waals surface area contributed by atoms with Gasteiger partial charge in [0.2, 0.25) is 0 Å². The van der Waals surface area contributed by atoms with E-state index < -0.39 is 0 Å². The van der Waals surface area contributed by atoms with Crippen LogP contribution in [0.3, 0.4) is 0 Å². The molecule has 2 rings (SSSR count). The van der Waals surface area contributed by atoms with E-state index in [1.807, 2.05) is 48.9 Å². The smallest absolute Gasteiger partial charge is 0.338 e. The SMILES string of the molecule is CN(C)CCOC(=O)c1ccc2[c]cn(C)c2c1. The number of esters is 1. The van der Waals surface area contributed by atoms with E-state index in [1.165, 1.54) is 0 Å². The van der Waals surface area contributed by atoms with Crippen molar-refractivity contribution in [1.82, 2.24) is 9.47 Å². The van der Waals surface area contributed by atoms with Crippen LogP contribution in [0.5, 0.6) is 0 Å². The highest BCUT2D eigenvalue weighted by Crippen LogP contribution is 2.16. The fraction of sp³-hybridized carbons (Fsp3) is 0.357. The lowest BCUT2D eigenvalue weighted by molar-refractivity contribution is 0.0482. The topological polar surface area (TPSA) is 34.5 Å². The van der Waals surface area contributed by atoms with Crippen molar-refractivity contribution in [2.45, 2.75) is 0 Å². The molecule has 2 aromatic rings. The molecule has 0 aliphatic rings. The summed E-state index contributed by atoms with van der Waals surface area (Å²) in [4.78, 5) is 13.8. The van der Waals surface area contributed by atoms with Crippen LogP contribution in [0.1, 0.15) is 10.4 Å². The van der Waals surface area contributed by atoms with Gasteiger partial charge in [-0.25, -0.2) is 4.79 Å². The zero-order valence-electron chi connectivity index (χ0n) is 10.9. The highest BCUT2D eigenvalue weighted by molar-refractivity contribution is 5.94. The highest BCUT2D eigenvalue weighted by atomic mass is 16.5. The van der Waals surface area contributed by atoms with Crippen molar-refractivity contribution in [2.24, 2.45) is 7.05 Å². The van der Waals surface area contributed by atoms with Crippen LogP contribution >= 0.6 is 0 Å². The van der Waals surface area contributed by atoms with Gasteiger partial charge in [0, 0.05) is 36.8 Å². The van der Waals surface area contributed by atoms with Crippen molar-refractivity contribution in [3.05, 3.63) is 36.0 Å². The summed E-state index contributed by atoms with van der Waals surface area (Å²) in [5.41, 5.74) is 1.56. The zero-order chi connectivity index (χ0) is 13.1. The number of hydrogen-bond donors (Lipinski definition) is 0. The molecule has 0 atom stereocenters. The highest BCUT2D eigenvalue weighted by Gasteiger charge is 2.09. The number of rotatable bonds is 4. The zero-order valence-corrected chi connectivity index (χ0v) is 10.9. The lowest BCUT2D eigenvalue weighted by Crippen LogP contribution is -2.20. The Bertz CT molecular complexity index is 558. The summed E-state index contributed by atoms with van der Waals surface area (Å²) >= 11 is 0. The summed E-state index contributed by atoms with van der Waals surface area (Å²) in [5.74, 6) is -0.278. The van der Waals surface area contributed by atoms with Gasteiger partial charge >= 0.3 is 5.97 Å². The van der Waals surface area contributed by atoms with Crippen LogP contribution in [0.25, 0.3) is 10.9 Å². The molecule has 0 saturated heterocycles. The molecule has 4 heteroatoms. The minimum Gasteiger partial charge on any atom is -0.461 e. The van der Waals surface area contributed by atoms with Gasteiger partial charge < -0.3 is 14.2 Å². The van der Waals surface area contributed by atoms with E-state index >= 15 is 0 Å². The van der Waals surface area contributed by atoms with E-state index in [1.54, 1.807) is 6.07 Å². The largest absolute Gasteiger partial charge is 0.461 e. The molecular weight excluding hydrogens is 228 g/mol. The first-order chi connectivity index (χ1) is 8.58. The van der Waals surface area contributed by atoms with Gasteiger partial charge in [0.15, 0.2) is 0 Å². The summed E-state index contributed by atoms with van der Waals surface area (Å²) in [5, 5.41) is 1.00. The molecule has 0 amide bonds. The Labute approximate surface area is 107 Å². The van der Waals surface area contributed by atoms with E-state index in [-0.39, 0.29) is 5.97 Å². The molecule has 1 aromatic carbocycles. The molecule has 0 N–H and O–H groups in total. The third kappa shape index (κ3) is 2.71. The van der Waals surface area contributed by atoms with Crippen LogP contribution in [0.15, 0.2) is 24.4 Å². The summed E-state index contributed by atoms with van der Waals surface area (Å²) in [7, 11) is 5.82. The van der Waals surface area contributed by atoms with Crippen molar-refractivity contribution < 1.29 is 9.53 Å². The maximum Gasteiger partial charge on any atom is 0.338 e. The standard InChI is InChI=1S/C14H17N2O2/c1-15(2)8-9-18-14(17)12-5-4-11-6-7-16(3)13(11)10-12/h4-5,7,10H,8-9H2,1-3H3. The lowest BCUT2D eigenvalue weighted by atomic mass is 10.1. The third-order valence-corrected chi connectivity index (χ3v) is 2.80. The van der Waals surface area contributed by atoms with E-state index in [4.69, 9.17) is 4.74 Å². The minimum absolute atomic E-state index is 0.278. The summed E-state index contributed by atoms with van der Waals surface area (Å²) in [6.07, 6.45) is 1.85. The Kier molecular flexibility index (Phi) is 3.67. The maximum absolute atomic E-state index is 11.8. The van der Waals surface area contributed by atoms with Gasteiger partial charge in [-0.15, -0.1) is 0 Å². The number of hydrogen-bond acceptors (Lipinski definition) is 3.